The Bertz CT molecular complexity index is 1480. The van der Waals surface area contributed by atoms with Gasteiger partial charge < -0.3 is 21.5 Å². The minimum Gasteiger partial charge on any atom is -0.489 e. The molecule has 1 aliphatic rings. The minimum atomic E-state index is -4.92. The number of pyridine rings is 1. The zero-order chi connectivity index (χ0) is 28.7. The lowest BCUT2D eigenvalue weighted by atomic mass is 9.82. The SMILES string of the molecule is C[C@]1(C(N)=O)COc2c1cc([C@@H](CNC(=O)c1cc(F)c(N)c(C=[NH2+])c1)C(F)(F)F)nc2-c1ccc(F)cc1. The van der Waals surface area contributed by atoms with E-state index in [1.165, 1.54) is 19.1 Å². The van der Waals surface area contributed by atoms with Crippen molar-refractivity contribution in [1.29, 1.82) is 0 Å². The molecule has 0 saturated heterocycles. The first-order valence-corrected chi connectivity index (χ1v) is 11.5. The summed E-state index contributed by atoms with van der Waals surface area (Å²) < 4.78 is 76.2. The number of primary amides is 1. The molecule has 0 radical (unpaired) electrons. The first kappa shape index (κ1) is 27.5. The van der Waals surface area contributed by atoms with E-state index >= 15 is 0 Å². The van der Waals surface area contributed by atoms with Crippen LogP contribution in [0, 0.1) is 11.6 Å². The quantitative estimate of drug-likeness (QED) is 0.203. The number of hydrogen-bond acceptors (Lipinski definition) is 5. The predicted octanol–water partition coefficient (Wildman–Crippen LogP) is 2.00. The monoisotopic (exact) mass is 548 g/mol. The second kappa shape index (κ2) is 9.97. The number of amides is 2. The molecule has 204 valence electrons. The van der Waals surface area contributed by atoms with Crippen molar-refractivity contribution in [1.82, 2.24) is 10.3 Å². The van der Waals surface area contributed by atoms with E-state index in [2.05, 4.69) is 10.3 Å². The van der Waals surface area contributed by atoms with E-state index in [1.807, 2.05) is 0 Å². The zero-order valence-electron chi connectivity index (χ0n) is 20.4. The summed E-state index contributed by atoms with van der Waals surface area (Å²) in [5, 5.41) is 7.52. The number of aromatic nitrogens is 1. The van der Waals surface area contributed by atoms with E-state index in [0.717, 1.165) is 36.5 Å². The van der Waals surface area contributed by atoms with E-state index in [-0.39, 0.29) is 46.0 Å². The summed E-state index contributed by atoms with van der Waals surface area (Å²) in [5.41, 5.74) is 8.69. The lowest BCUT2D eigenvalue weighted by Crippen LogP contribution is -2.40. The molecule has 39 heavy (non-hydrogen) atoms. The van der Waals surface area contributed by atoms with Gasteiger partial charge in [0.05, 0.1) is 16.9 Å². The topological polar surface area (TPSA) is 146 Å². The summed E-state index contributed by atoms with van der Waals surface area (Å²) in [6.45, 7) is 0.192. The van der Waals surface area contributed by atoms with Crippen molar-refractivity contribution >= 4 is 23.7 Å². The van der Waals surface area contributed by atoms with E-state index < -0.39 is 53.2 Å². The Balaban J connectivity index is 1.77. The van der Waals surface area contributed by atoms with Crippen LogP contribution < -0.4 is 26.9 Å². The Labute approximate surface area is 218 Å². The second-order valence-corrected chi connectivity index (χ2v) is 9.20. The van der Waals surface area contributed by atoms with Gasteiger partial charge in [-0.05, 0) is 49.4 Å². The van der Waals surface area contributed by atoms with Gasteiger partial charge in [-0.1, -0.05) is 0 Å². The molecule has 2 aromatic carbocycles. The Hall–Kier alpha value is -4.55. The van der Waals surface area contributed by atoms with Gasteiger partial charge >= 0.3 is 6.18 Å². The lowest BCUT2D eigenvalue weighted by Gasteiger charge is -2.24. The highest BCUT2D eigenvalue weighted by atomic mass is 19.4. The number of alkyl halides is 3. The third-order valence-electron chi connectivity index (χ3n) is 6.58. The molecule has 1 aliphatic heterocycles. The van der Waals surface area contributed by atoms with Crippen LogP contribution in [0.1, 0.15) is 40.0 Å². The molecule has 8 nitrogen and oxygen atoms in total. The molecular formula is C26H23F5N5O3+. The van der Waals surface area contributed by atoms with Crippen molar-refractivity contribution in [2.45, 2.75) is 24.4 Å². The minimum absolute atomic E-state index is 0.0116. The standard InChI is InChI=1S/C26H22F5N5O3/c1-25(24(34)38)11-39-22-16(25)8-19(36-21(22)12-2-4-15(27)5-3-12)17(26(29,30)31)10-35-23(37)13-6-14(9-32)20(33)18(28)7-13/h2-9,17,32H,10-11,33H2,1H3,(H2,34,38)(H,35,37)/p+1/t17-,25+/m1/s1. The Morgan fingerprint density at radius 3 is 2.46 bits per heavy atom. The molecule has 0 fully saturated rings. The Morgan fingerprint density at radius 1 is 1.21 bits per heavy atom. The van der Waals surface area contributed by atoms with Gasteiger partial charge in [0.2, 0.25) is 5.91 Å². The number of nitrogen functional groups attached to an aromatic ring is 1. The largest absolute Gasteiger partial charge is 0.489 e. The van der Waals surface area contributed by atoms with E-state index in [9.17, 15) is 31.5 Å². The van der Waals surface area contributed by atoms with Crippen LogP contribution in [0.5, 0.6) is 5.75 Å². The van der Waals surface area contributed by atoms with Crippen molar-refractivity contribution in [3.05, 3.63) is 76.5 Å². The highest BCUT2D eigenvalue weighted by Crippen LogP contribution is 2.46. The van der Waals surface area contributed by atoms with Crippen LogP contribution in [0.3, 0.4) is 0 Å². The molecule has 0 unspecified atom stereocenters. The summed E-state index contributed by atoms with van der Waals surface area (Å²) in [5.74, 6) is -5.72. The molecule has 2 amide bonds. The van der Waals surface area contributed by atoms with Gasteiger partial charge in [0, 0.05) is 23.2 Å². The number of fused-ring (bicyclic) bond motifs is 1. The maximum Gasteiger partial charge on any atom is 0.398 e. The molecule has 0 spiro atoms. The van der Waals surface area contributed by atoms with Crippen LogP contribution in [-0.4, -0.2) is 42.3 Å². The number of carbonyl (C=O) groups is 2. The zero-order valence-corrected chi connectivity index (χ0v) is 20.4. The molecule has 0 saturated carbocycles. The fourth-order valence-electron chi connectivity index (χ4n) is 4.18. The number of hydrogen-bond donors (Lipinski definition) is 4. The average molecular weight is 548 g/mol. The van der Waals surface area contributed by atoms with Gasteiger partial charge in [-0.15, -0.1) is 0 Å². The molecular weight excluding hydrogens is 525 g/mol. The maximum atomic E-state index is 14.3. The molecule has 13 heteroatoms. The van der Waals surface area contributed by atoms with Gasteiger partial charge in [0.1, 0.15) is 41.0 Å². The van der Waals surface area contributed by atoms with E-state index in [4.69, 9.17) is 21.6 Å². The van der Waals surface area contributed by atoms with Crippen LogP contribution in [0.4, 0.5) is 27.6 Å². The smallest absolute Gasteiger partial charge is 0.398 e. The van der Waals surface area contributed by atoms with Crippen molar-refractivity contribution in [3.63, 3.8) is 0 Å². The molecule has 3 aromatic rings. The number of nitrogens with one attached hydrogen (secondary N) is 1. The Morgan fingerprint density at radius 2 is 1.87 bits per heavy atom. The number of nitrogens with two attached hydrogens (primary N) is 3. The highest BCUT2D eigenvalue weighted by Gasteiger charge is 2.47. The van der Waals surface area contributed by atoms with E-state index in [0.29, 0.717) is 0 Å². The van der Waals surface area contributed by atoms with Crippen LogP contribution >= 0.6 is 0 Å². The number of carbonyl (C=O) groups excluding carboxylic acids is 2. The number of nitrogens with zero attached hydrogens (tertiary/aromatic N) is 1. The maximum absolute atomic E-state index is 14.3. The molecule has 0 bridgehead atoms. The van der Waals surface area contributed by atoms with Crippen LogP contribution in [0.25, 0.3) is 11.3 Å². The molecule has 1 aromatic heterocycles. The molecule has 2 heterocycles. The number of halogens is 5. The molecule has 2 atom stereocenters. The predicted molar refractivity (Wildman–Crippen MR) is 131 cm³/mol. The van der Waals surface area contributed by atoms with Crippen molar-refractivity contribution < 1.29 is 41.7 Å². The summed E-state index contributed by atoms with van der Waals surface area (Å²) in [4.78, 5) is 29.1. The van der Waals surface area contributed by atoms with Crippen LogP contribution in [0.2, 0.25) is 0 Å². The van der Waals surface area contributed by atoms with Crippen molar-refractivity contribution in [2.75, 3.05) is 18.9 Å². The first-order valence-electron chi connectivity index (χ1n) is 11.5. The van der Waals surface area contributed by atoms with Gasteiger partial charge in [0.15, 0.2) is 6.21 Å². The van der Waals surface area contributed by atoms with Crippen molar-refractivity contribution in [3.8, 4) is 17.0 Å². The number of benzene rings is 2. The summed E-state index contributed by atoms with van der Waals surface area (Å²) in [6, 6.07) is 7.77. The third-order valence-corrected chi connectivity index (χ3v) is 6.58. The third kappa shape index (κ3) is 5.11. The van der Waals surface area contributed by atoms with Gasteiger partial charge in [-0.2, -0.15) is 13.2 Å². The normalized spacial score (nSPS) is 17.2. The van der Waals surface area contributed by atoms with Gasteiger partial charge in [-0.25, -0.2) is 13.8 Å². The van der Waals surface area contributed by atoms with Gasteiger partial charge in [-0.3, -0.25) is 15.0 Å². The molecule has 0 aliphatic carbocycles. The van der Waals surface area contributed by atoms with Crippen molar-refractivity contribution in [2.24, 2.45) is 5.73 Å². The Kier molecular flexibility index (Phi) is 7.02. The molecule has 7 N–H and O–H groups in total. The van der Waals surface area contributed by atoms with E-state index in [1.54, 1.807) is 0 Å². The first-order chi connectivity index (χ1) is 18.3. The van der Waals surface area contributed by atoms with Gasteiger partial charge in [0.25, 0.3) is 5.91 Å². The summed E-state index contributed by atoms with van der Waals surface area (Å²) >= 11 is 0. The van der Waals surface area contributed by atoms with Crippen LogP contribution in [-0.2, 0) is 10.2 Å². The number of anilines is 1. The molecule has 4 rings (SSSR count). The fourth-order valence-corrected chi connectivity index (χ4v) is 4.18. The highest BCUT2D eigenvalue weighted by molar-refractivity contribution is 5.97. The second-order valence-electron chi connectivity index (χ2n) is 9.20. The summed E-state index contributed by atoms with van der Waals surface area (Å²) in [6.07, 6.45) is -3.96. The number of ether oxygens (including phenoxy) is 1. The fraction of sp³-hybridized carbons (Fsp3) is 0.231. The van der Waals surface area contributed by atoms with Crippen LogP contribution in [0.15, 0.2) is 42.5 Å². The average Bonchev–Trinajstić information content (AvgIpc) is 3.22. The summed E-state index contributed by atoms with van der Waals surface area (Å²) in [7, 11) is 0. The number of rotatable bonds is 7. The lowest BCUT2D eigenvalue weighted by molar-refractivity contribution is -0.149.